The quantitative estimate of drug-likeness (QED) is 0.223. The Bertz CT molecular complexity index is 1270. The number of carbonyl (C=O) groups excluding carboxylic acids is 1. The highest BCUT2D eigenvalue weighted by atomic mass is 35.5. The molecule has 0 aliphatic carbocycles. The number of halogens is 1. The number of aliphatic imine (C=N–C) groups is 1. The number of amides is 1. The van der Waals surface area contributed by atoms with Crippen LogP contribution >= 0.6 is 23.4 Å². The molecule has 1 saturated heterocycles. The van der Waals surface area contributed by atoms with Crippen LogP contribution < -0.4 is 21.7 Å². The zero-order chi connectivity index (χ0) is 24.8. The van der Waals surface area contributed by atoms with Crippen molar-refractivity contribution < 1.29 is 4.79 Å². The maximum absolute atomic E-state index is 12.5. The lowest BCUT2D eigenvalue weighted by molar-refractivity contribution is 0.102. The van der Waals surface area contributed by atoms with Gasteiger partial charge in [0.25, 0.3) is 5.91 Å². The molecule has 8 nitrogen and oxygen atoms in total. The number of anilines is 2. The van der Waals surface area contributed by atoms with Gasteiger partial charge in [0.15, 0.2) is 11.0 Å². The summed E-state index contributed by atoms with van der Waals surface area (Å²) in [6.07, 6.45) is 3.47. The molecule has 1 amide bonds. The largest absolute Gasteiger partial charge is 0.402 e. The Kier molecular flexibility index (Phi) is 7.89. The Morgan fingerprint density at radius 2 is 1.91 bits per heavy atom. The van der Waals surface area contributed by atoms with E-state index in [1.54, 1.807) is 30.3 Å². The van der Waals surface area contributed by atoms with Crippen molar-refractivity contribution in [2.45, 2.75) is 29.8 Å². The number of aromatic nitrogens is 2. The summed E-state index contributed by atoms with van der Waals surface area (Å²) in [6.45, 7) is 3.85. The molecule has 1 fully saturated rings. The smallest absolute Gasteiger partial charge is 0.257 e. The van der Waals surface area contributed by atoms with E-state index in [0.29, 0.717) is 45.2 Å². The first-order chi connectivity index (χ1) is 16.9. The van der Waals surface area contributed by atoms with Gasteiger partial charge in [-0.25, -0.2) is 15.0 Å². The Morgan fingerprint density at radius 3 is 2.57 bits per heavy atom. The molecule has 1 aromatic heterocycles. The average Bonchev–Trinajstić information content (AvgIpc) is 2.79. The van der Waals surface area contributed by atoms with Gasteiger partial charge in [0.2, 0.25) is 0 Å². The molecule has 0 bridgehead atoms. The fourth-order valence-corrected chi connectivity index (χ4v) is 4.21. The Hall–Kier alpha value is -3.56. The van der Waals surface area contributed by atoms with Gasteiger partial charge in [0.05, 0.1) is 10.6 Å². The van der Waals surface area contributed by atoms with Crippen molar-refractivity contribution in [1.82, 2.24) is 9.97 Å². The molecular weight excluding hydrogens is 482 g/mol. The third kappa shape index (κ3) is 6.52. The van der Waals surface area contributed by atoms with E-state index in [-0.39, 0.29) is 5.91 Å². The summed E-state index contributed by atoms with van der Waals surface area (Å²) in [5, 5.41) is 3.83. The Labute approximate surface area is 213 Å². The number of carbonyl (C=O) groups is 1. The predicted octanol–water partition coefficient (Wildman–Crippen LogP) is 4.98. The van der Waals surface area contributed by atoms with E-state index >= 15 is 0 Å². The van der Waals surface area contributed by atoms with Gasteiger partial charge in [-0.15, -0.1) is 0 Å². The highest BCUT2D eigenvalue weighted by Gasteiger charge is 2.18. The van der Waals surface area contributed by atoms with E-state index in [2.05, 4.69) is 20.2 Å². The molecule has 35 heavy (non-hydrogen) atoms. The summed E-state index contributed by atoms with van der Waals surface area (Å²) in [5.74, 6) is 1.33. The Morgan fingerprint density at radius 1 is 1.17 bits per heavy atom. The van der Waals surface area contributed by atoms with Crippen molar-refractivity contribution in [2.24, 2.45) is 16.5 Å². The maximum Gasteiger partial charge on any atom is 0.257 e. The normalized spacial score (nSPS) is 13.9. The molecule has 180 valence electrons. The van der Waals surface area contributed by atoms with E-state index in [4.69, 9.17) is 28.1 Å². The van der Waals surface area contributed by atoms with E-state index in [0.717, 1.165) is 30.2 Å². The second-order valence-electron chi connectivity index (χ2n) is 7.88. The third-order valence-corrected chi connectivity index (χ3v) is 6.49. The number of nitrogens with zero attached hydrogens (tertiary/aromatic N) is 4. The molecule has 1 aliphatic rings. The van der Waals surface area contributed by atoms with Crippen LogP contribution in [0.2, 0.25) is 5.02 Å². The second kappa shape index (κ2) is 11.2. The summed E-state index contributed by atoms with van der Waals surface area (Å²) >= 11 is 7.53. The van der Waals surface area contributed by atoms with Gasteiger partial charge < -0.3 is 21.7 Å². The topological polar surface area (TPSA) is 123 Å². The SMILES string of the molecule is CC/C(N)=C/C(N)=Nc1cc(N2CCC2)nc(Sc2ccc(NC(=O)c3ccccc3Cl)cc2)n1. The minimum absolute atomic E-state index is 0.264. The van der Waals surface area contributed by atoms with Crippen LogP contribution in [0.3, 0.4) is 0 Å². The van der Waals surface area contributed by atoms with Crippen LogP contribution in [0.4, 0.5) is 17.3 Å². The van der Waals surface area contributed by atoms with Crippen molar-refractivity contribution in [3.8, 4) is 0 Å². The summed E-state index contributed by atoms with van der Waals surface area (Å²) in [5.41, 5.74) is 13.6. The highest BCUT2D eigenvalue weighted by Crippen LogP contribution is 2.31. The lowest BCUT2D eigenvalue weighted by Crippen LogP contribution is -2.37. The number of rotatable bonds is 8. The monoisotopic (exact) mass is 507 g/mol. The summed E-state index contributed by atoms with van der Waals surface area (Å²) < 4.78 is 0. The molecule has 0 unspecified atom stereocenters. The average molecular weight is 508 g/mol. The third-order valence-electron chi connectivity index (χ3n) is 5.28. The van der Waals surface area contributed by atoms with E-state index in [1.807, 2.05) is 37.3 Å². The van der Waals surface area contributed by atoms with Crippen LogP contribution in [-0.2, 0) is 0 Å². The Balaban J connectivity index is 1.51. The second-order valence-corrected chi connectivity index (χ2v) is 9.33. The number of nitrogens with one attached hydrogen (secondary N) is 1. The van der Waals surface area contributed by atoms with Crippen molar-refractivity contribution in [1.29, 1.82) is 0 Å². The van der Waals surface area contributed by atoms with E-state index in [9.17, 15) is 4.79 Å². The summed E-state index contributed by atoms with van der Waals surface area (Å²) in [7, 11) is 0. The van der Waals surface area contributed by atoms with Crippen LogP contribution in [0, 0.1) is 0 Å². The van der Waals surface area contributed by atoms with Gasteiger partial charge in [-0.3, -0.25) is 4.79 Å². The maximum atomic E-state index is 12.5. The van der Waals surface area contributed by atoms with Crippen LogP contribution in [0.25, 0.3) is 0 Å². The first-order valence-corrected chi connectivity index (χ1v) is 12.4. The lowest BCUT2D eigenvalue weighted by Gasteiger charge is -2.32. The number of hydrogen-bond acceptors (Lipinski definition) is 7. The van der Waals surface area contributed by atoms with Crippen molar-refractivity contribution >= 4 is 52.4 Å². The van der Waals surface area contributed by atoms with Crippen molar-refractivity contribution in [3.63, 3.8) is 0 Å². The van der Waals surface area contributed by atoms with Gasteiger partial charge in [-0.1, -0.05) is 30.7 Å². The van der Waals surface area contributed by atoms with Crippen LogP contribution in [0.5, 0.6) is 0 Å². The molecule has 3 aromatic rings. The number of hydrogen-bond donors (Lipinski definition) is 3. The van der Waals surface area contributed by atoms with Crippen LogP contribution in [0.1, 0.15) is 30.1 Å². The number of nitrogens with two attached hydrogens (primary N) is 2. The molecule has 4 rings (SSSR count). The lowest BCUT2D eigenvalue weighted by atomic mass is 10.2. The fraction of sp³-hybridized carbons (Fsp3) is 0.200. The van der Waals surface area contributed by atoms with Gasteiger partial charge in [-0.05, 0) is 67.1 Å². The fourth-order valence-electron chi connectivity index (χ4n) is 3.22. The molecule has 0 spiro atoms. The van der Waals surface area contributed by atoms with E-state index in [1.165, 1.54) is 11.8 Å². The standard InChI is InChI=1S/C25H26ClN7OS/c1-2-16(27)14-21(28)30-22-15-23(33-12-5-13-33)32-25(31-22)35-18-10-8-17(9-11-18)29-24(34)19-6-3-4-7-20(19)26/h3-4,6-11,14-15H,2,5,12-13,27H2,1H3,(H,29,34)(H2,28,30,31,32)/b16-14-. The predicted molar refractivity (Wildman–Crippen MR) is 143 cm³/mol. The number of benzene rings is 2. The molecule has 10 heteroatoms. The van der Waals surface area contributed by atoms with Crippen LogP contribution in [-0.4, -0.2) is 34.8 Å². The molecule has 2 aromatic carbocycles. The molecule has 0 atom stereocenters. The van der Waals surface area contributed by atoms with Crippen molar-refractivity contribution in [3.05, 3.63) is 77.0 Å². The minimum atomic E-state index is -0.264. The van der Waals surface area contributed by atoms with Gasteiger partial charge in [-0.2, -0.15) is 0 Å². The summed E-state index contributed by atoms with van der Waals surface area (Å²) in [4.78, 5) is 29.3. The van der Waals surface area contributed by atoms with Crippen LogP contribution in [0.15, 0.2) is 81.4 Å². The molecule has 5 N–H and O–H groups in total. The zero-order valence-electron chi connectivity index (χ0n) is 19.2. The molecule has 0 radical (unpaired) electrons. The molecule has 1 aliphatic heterocycles. The first kappa shape index (κ1) is 24.6. The highest BCUT2D eigenvalue weighted by molar-refractivity contribution is 7.99. The minimum Gasteiger partial charge on any atom is -0.402 e. The summed E-state index contributed by atoms with van der Waals surface area (Å²) in [6, 6.07) is 16.2. The van der Waals surface area contributed by atoms with Crippen molar-refractivity contribution in [2.75, 3.05) is 23.3 Å². The molecule has 2 heterocycles. The van der Waals surface area contributed by atoms with Gasteiger partial charge in [0.1, 0.15) is 11.7 Å². The molecular formula is C25H26ClN7OS. The zero-order valence-corrected chi connectivity index (χ0v) is 20.8. The van der Waals surface area contributed by atoms with E-state index < -0.39 is 0 Å². The molecule has 0 saturated carbocycles. The van der Waals surface area contributed by atoms with Gasteiger partial charge >= 0.3 is 0 Å². The first-order valence-electron chi connectivity index (χ1n) is 11.2. The van der Waals surface area contributed by atoms with Gasteiger partial charge in [0, 0.05) is 35.4 Å². The number of allylic oxidation sites excluding steroid dienone is 1. The number of amidine groups is 1.